The molecule has 1 aromatic carbocycles. The standard InChI is InChI=1S/C7H4INO5/c10-7(11)5-2-1-4(9(13)14)3-6(5)8-12/h1-3H,(H,10,11). The van der Waals surface area contributed by atoms with Gasteiger partial charge in [-0.2, -0.15) is 0 Å². The molecule has 1 aromatic rings. The van der Waals surface area contributed by atoms with Gasteiger partial charge in [0.2, 0.25) is 0 Å². The third-order valence-electron chi connectivity index (χ3n) is 1.48. The molecule has 1 N–H and O–H groups in total. The van der Waals surface area contributed by atoms with Crippen molar-refractivity contribution in [3.63, 3.8) is 0 Å². The molecule has 7 heteroatoms. The van der Waals surface area contributed by atoms with Crippen LogP contribution in [0.2, 0.25) is 0 Å². The van der Waals surface area contributed by atoms with Crippen molar-refractivity contribution in [2.45, 2.75) is 0 Å². The fraction of sp³-hybridized carbons (Fsp3) is 0. The summed E-state index contributed by atoms with van der Waals surface area (Å²) in [5.41, 5.74) is -0.390. The van der Waals surface area contributed by atoms with Gasteiger partial charge in [-0.15, -0.1) is 0 Å². The predicted molar refractivity (Wildman–Crippen MR) is 53.5 cm³/mol. The van der Waals surface area contributed by atoms with Gasteiger partial charge in [0.1, 0.15) is 0 Å². The molecule has 6 nitrogen and oxygen atoms in total. The van der Waals surface area contributed by atoms with Crippen molar-refractivity contribution in [1.82, 2.24) is 0 Å². The molecular formula is C7H4INO5. The van der Waals surface area contributed by atoms with Gasteiger partial charge >= 0.3 is 5.97 Å². The lowest BCUT2D eigenvalue weighted by atomic mass is 10.2. The minimum absolute atomic E-state index is 0.0329. The number of carboxylic acids is 1. The largest absolute Gasteiger partial charge is 0.478 e. The van der Waals surface area contributed by atoms with Crippen molar-refractivity contribution in [2.75, 3.05) is 0 Å². The molecule has 0 radical (unpaired) electrons. The van der Waals surface area contributed by atoms with Crippen LogP contribution in [0.5, 0.6) is 0 Å². The Labute approximate surface area is 88.3 Å². The Bertz CT molecular complexity index is 417. The van der Waals surface area contributed by atoms with Crippen LogP contribution in [0.1, 0.15) is 10.4 Å². The summed E-state index contributed by atoms with van der Waals surface area (Å²) in [6.07, 6.45) is 0. The minimum Gasteiger partial charge on any atom is -0.478 e. The van der Waals surface area contributed by atoms with E-state index < -0.39 is 32.1 Å². The van der Waals surface area contributed by atoms with Gasteiger partial charge in [0.25, 0.3) is 5.69 Å². The zero-order valence-electron chi connectivity index (χ0n) is 6.64. The highest BCUT2D eigenvalue weighted by Crippen LogP contribution is 2.22. The average molecular weight is 309 g/mol. The van der Waals surface area contributed by atoms with Crippen LogP contribution < -0.4 is 0 Å². The Kier molecular flexibility index (Phi) is 3.23. The first-order valence-corrected chi connectivity index (χ1v) is 5.31. The first-order valence-electron chi connectivity index (χ1n) is 3.35. The number of nitrogens with zero attached hydrogens (tertiary/aromatic N) is 1. The average Bonchev–Trinajstić information content (AvgIpc) is 2.16. The Hall–Kier alpha value is -1.38. The number of aromatic carboxylic acids is 1. The van der Waals surface area contributed by atoms with E-state index in [1.165, 1.54) is 0 Å². The van der Waals surface area contributed by atoms with Crippen molar-refractivity contribution >= 4 is 32.8 Å². The SMILES string of the molecule is O=Ic1cc([N+](=O)[O-])ccc1C(=O)O. The summed E-state index contributed by atoms with van der Waals surface area (Å²) in [6, 6.07) is 3.20. The van der Waals surface area contributed by atoms with Crippen molar-refractivity contribution in [3.8, 4) is 0 Å². The summed E-state index contributed by atoms with van der Waals surface area (Å²) in [5, 5.41) is 19.0. The number of carbonyl (C=O) groups is 1. The highest BCUT2D eigenvalue weighted by atomic mass is 127. The number of hydrogen-bond donors (Lipinski definition) is 1. The molecule has 0 spiro atoms. The first-order chi connectivity index (χ1) is 6.56. The Morgan fingerprint density at radius 2 is 2.14 bits per heavy atom. The fourth-order valence-electron chi connectivity index (χ4n) is 0.855. The van der Waals surface area contributed by atoms with Crippen LogP contribution in [-0.2, 0) is 3.07 Å². The Balaban J connectivity index is 3.32. The normalized spacial score (nSPS) is 9.71. The van der Waals surface area contributed by atoms with Crippen LogP contribution in [0.3, 0.4) is 0 Å². The molecule has 0 aliphatic heterocycles. The molecule has 14 heavy (non-hydrogen) atoms. The van der Waals surface area contributed by atoms with Crippen LogP contribution in [-0.4, -0.2) is 16.0 Å². The van der Waals surface area contributed by atoms with Gasteiger partial charge in [-0.3, -0.25) is 13.2 Å². The molecule has 0 aliphatic carbocycles. The monoisotopic (exact) mass is 309 g/mol. The van der Waals surface area contributed by atoms with E-state index in [0.717, 1.165) is 18.2 Å². The number of halogens is 1. The second-order valence-corrected chi connectivity index (χ2v) is 3.91. The molecule has 0 aliphatic rings. The number of non-ortho nitro benzene ring substituents is 1. The number of hydrogen-bond acceptors (Lipinski definition) is 4. The van der Waals surface area contributed by atoms with Crippen molar-refractivity contribution in [2.24, 2.45) is 0 Å². The van der Waals surface area contributed by atoms with Gasteiger partial charge in [0.05, 0.1) is 14.1 Å². The van der Waals surface area contributed by atoms with Crippen molar-refractivity contribution in [1.29, 1.82) is 0 Å². The molecule has 0 saturated heterocycles. The van der Waals surface area contributed by atoms with Crippen LogP contribution >= 0.6 is 21.2 Å². The summed E-state index contributed by atoms with van der Waals surface area (Å²) in [6.45, 7) is 0. The van der Waals surface area contributed by atoms with Gasteiger partial charge in [-0.05, 0) is 6.07 Å². The lowest BCUT2D eigenvalue weighted by Gasteiger charge is -1.97. The number of rotatable bonds is 3. The Morgan fingerprint density at radius 3 is 2.57 bits per heavy atom. The first kappa shape index (κ1) is 10.7. The van der Waals surface area contributed by atoms with E-state index in [0.29, 0.717) is 0 Å². The molecule has 0 bridgehead atoms. The molecule has 0 unspecified atom stereocenters. The molecule has 1 rings (SSSR count). The molecule has 0 atom stereocenters. The second kappa shape index (κ2) is 4.22. The van der Waals surface area contributed by atoms with E-state index in [4.69, 9.17) is 5.11 Å². The van der Waals surface area contributed by atoms with Crippen LogP contribution in [0.25, 0.3) is 0 Å². The maximum Gasteiger partial charge on any atom is 0.336 e. The zero-order valence-corrected chi connectivity index (χ0v) is 8.79. The number of nitro benzene ring substituents is 1. The predicted octanol–water partition coefficient (Wildman–Crippen LogP) is 1.78. The molecule has 0 aromatic heterocycles. The van der Waals surface area contributed by atoms with Gasteiger partial charge in [0, 0.05) is 12.1 Å². The topological polar surface area (TPSA) is 97.5 Å². The molecule has 0 saturated carbocycles. The lowest BCUT2D eigenvalue weighted by Crippen LogP contribution is -2.00. The smallest absolute Gasteiger partial charge is 0.336 e. The zero-order chi connectivity index (χ0) is 10.7. The van der Waals surface area contributed by atoms with Crippen LogP contribution in [0.15, 0.2) is 18.2 Å². The van der Waals surface area contributed by atoms with Gasteiger partial charge in [-0.1, -0.05) is 0 Å². The molecule has 0 amide bonds. The van der Waals surface area contributed by atoms with Gasteiger partial charge < -0.3 is 5.11 Å². The molecular weight excluding hydrogens is 305 g/mol. The quantitative estimate of drug-likeness (QED) is 0.521. The van der Waals surface area contributed by atoms with Gasteiger partial charge in [0.15, 0.2) is 21.2 Å². The maximum absolute atomic E-state index is 10.7. The lowest BCUT2D eigenvalue weighted by molar-refractivity contribution is -0.384. The van der Waals surface area contributed by atoms with Gasteiger partial charge in [-0.25, -0.2) is 4.79 Å². The van der Waals surface area contributed by atoms with Crippen molar-refractivity contribution < 1.29 is 17.9 Å². The second-order valence-electron chi connectivity index (χ2n) is 2.30. The van der Waals surface area contributed by atoms with E-state index in [2.05, 4.69) is 0 Å². The fourth-order valence-corrected chi connectivity index (χ4v) is 1.95. The molecule has 0 heterocycles. The van der Waals surface area contributed by atoms with E-state index in [9.17, 15) is 18.0 Å². The summed E-state index contributed by atoms with van der Waals surface area (Å²) < 4.78 is 10.7. The maximum atomic E-state index is 10.7. The van der Waals surface area contributed by atoms with Crippen LogP contribution in [0.4, 0.5) is 5.69 Å². The summed E-state index contributed by atoms with van der Waals surface area (Å²) in [4.78, 5) is 20.2. The Morgan fingerprint density at radius 1 is 1.50 bits per heavy atom. The number of benzene rings is 1. The number of nitro groups is 1. The summed E-state index contributed by atoms with van der Waals surface area (Å²) in [7, 11) is 0. The summed E-state index contributed by atoms with van der Waals surface area (Å²) in [5.74, 6) is -1.23. The van der Waals surface area contributed by atoms with E-state index >= 15 is 0 Å². The number of carboxylic acid groups (broad SMARTS) is 1. The minimum atomic E-state index is -1.72. The third-order valence-corrected chi connectivity index (χ3v) is 2.84. The highest BCUT2D eigenvalue weighted by molar-refractivity contribution is 14.1. The van der Waals surface area contributed by atoms with Crippen LogP contribution in [0, 0.1) is 13.7 Å². The van der Waals surface area contributed by atoms with E-state index in [1.807, 2.05) is 0 Å². The van der Waals surface area contributed by atoms with E-state index in [1.54, 1.807) is 0 Å². The third kappa shape index (κ3) is 2.10. The summed E-state index contributed by atoms with van der Waals surface area (Å²) >= 11 is -1.72. The van der Waals surface area contributed by atoms with E-state index in [-0.39, 0.29) is 14.8 Å². The molecule has 0 fully saturated rings. The highest BCUT2D eigenvalue weighted by Gasteiger charge is 2.15. The molecule has 74 valence electrons. The van der Waals surface area contributed by atoms with Crippen molar-refractivity contribution in [3.05, 3.63) is 37.4 Å².